The fraction of sp³-hybridized carbons (Fsp3) is 0.406. The van der Waals surface area contributed by atoms with Crippen LogP contribution in [0.15, 0.2) is 60.6 Å². The van der Waals surface area contributed by atoms with Crippen molar-refractivity contribution in [1.82, 2.24) is 20.0 Å². The van der Waals surface area contributed by atoms with Crippen molar-refractivity contribution >= 4 is 12.2 Å². The van der Waals surface area contributed by atoms with Gasteiger partial charge in [-0.2, -0.15) is 5.10 Å². The Hall–Kier alpha value is -3.87. The summed E-state index contributed by atoms with van der Waals surface area (Å²) in [5.41, 5.74) is 13.2. The predicted octanol–water partition coefficient (Wildman–Crippen LogP) is 5.83. The third kappa shape index (κ3) is 6.41. The zero-order valence-electron chi connectivity index (χ0n) is 23.6. The van der Waals surface area contributed by atoms with E-state index in [2.05, 4.69) is 42.5 Å². The smallest absolute Gasteiger partial charge is 0.253 e. The number of amides is 1. The number of nitrogens with one attached hydrogen (secondary N) is 1. The van der Waals surface area contributed by atoms with Crippen LogP contribution in [0.3, 0.4) is 0 Å². The molecule has 1 amide bonds. The number of likely N-dealkylation sites (tertiary alicyclic amines) is 1. The molecule has 206 valence electrons. The number of rotatable bonds is 7. The minimum atomic E-state index is 0.0985. The molecule has 2 heterocycles. The van der Waals surface area contributed by atoms with Crippen LogP contribution in [0.4, 0.5) is 0 Å². The molecular weight excluding hydrogens is 486 g/mol. The molecule has 39 heavy (non-hydrogen) atoms. The van der Waals surface area contributed by atoms with Crippen LogP contribution in [0.1, 0.15) is 83.8 Å². The fourth-order valence-electron chi connectivity index (χ4n) is 5.34. The lowest BCUT2D eigenvalue weighted by Crippen LogP contribution is -2.35. The predicted molar refractivity (Wildman–Crippen MR) is 157 cm³/mol. The normalized spacial score (nSPS) is 18.7. The van der Waals surface area contributed by atoms with Gasteiger partial charge in [-0.1, -0.05) is 38.5 Å². The summed E-state index contributed by atoms with van der Waals surface area (Å²) in [5, 5.41) is 7.58. The van der Waals surface area contributed by atoms with Gasteiger partial charge in [-0.05, 0) is 73.6 Å². The largest absolute Gasteiger partial charge is 0.401 e. The summed E-state index contributed by atoms with van der Waals surface area (Å²) in [6, 6.07) is 14.1. The molecule has 5 rings (SSSR count). The number of aromatic nitrogens is 2. The number of piperidine rings is 1. The third-order valence-electron chi connectivity index (χ3n) is 7.24. The van der Waals surface area contributed by atoms with Crippen LogP contribution in [0.5, 0.6) is 0 Å². The molecule has 3 aromatic rings. The highest BCUT2D eigenvalue weighted by Gasteiger charge is 2.44. The van der Waals surface area contributed by atoms with Gasteiger partial charge in [0.2, 0.25) is 0 Å². The van der Waals surface area contributed by atoms with E-state index in [1.807, 2.05) is 54.0 Å². The van der Waals surface area contributed by atoms with E-state index in [-0.39, 0.29) is 17.7 Å². The number of carbonyl (C=O) groups is 2. The van der Waals surface area contributed by atoms with Crippen molar-refractivity contribution in [3.05, 3.63) is 82.9 Å². The molecule has 2 aromatic carbocycles. The van der Waals surface area contributed by atoms with Crippen molar-refractivity contribution in [3.8, 4) is 16.8 Å². The first kappa shape index (κ1) is 28.1. The number of benzene rings is 2. The van der Waals surface area contributed by atoms with Crippen LogP contribution in [0.25, 0.3) is 16.8 Å². The molecule has 2 atom stereocenters. The van der Waals surface area contributed by atoms with E-state index in [9.17, 15) is 9.59 Å². The van der Waals surface area contributed by atoms with Gasteiger partial charge >= 0.3 is 0 Å². The van der Waals surface area contributed by atoms with Crippen LogP contribution >= 0.6 is 0 Å². The lowest BCUT2D eigenvalue weighted by Gasteiger charge is -2.26. The number of nitrogens with zero attached hydrogens (tertiary/aromatic N) is 3. The van der Waals surface area contributed by atoms with Gasteiger partial charge in [0.05, 0.1) is 23.1 Å². The summed E-state index contributed by atoms with van der Waals surface area (Å²) in [4.78, 5) is 26.9. The summed E-state index contributed by atoms with van der Waals surface area (Å²) < 4.78 is 1.88. The van der Waals surface area contributed by atoms with Crippen LogP contribution in [0.2, 0.25) is 0 Å². The van der Waals surface area contributed by atoms with Crippen molar-refractivity contribution in [2.75, 3.05) is 20.1 Å². The Morgan fingerprint density at radius 1 is 1.10 bits per heavy atom. The quantitative estimate of drug-likeness (QED) is 0.377. The number of aldehydes is 1. The first-order chi connectivity index (χ1) is 18.9. The molecule has 0 bridgehead atoms. The van der Waals surface area contributed by atoms with Crippen LogP contribution < -0.4 is 11.1 Å². The molecule has 1 aliphatic carbocycles. The Bertz CT molecular complexity index is 1340. The van der Waals surface area contributed by atoms with Crippen molar-refractivity contribution in [1.29, 1.82) is 0 Å². The first-order valence-electron chi connectivity index (χ1n) is 14.1. The van der Waals surface area contributed by atoms with Gasteiger partial charge in [0.25, 0.3) is 5.91 Å². The topological polar surface area (TPSA) is 93.2 Å². The minimum Gasteiger partial charge on any atom is -0.401 e. The molecule has 1 saturated heterocycles. The van der Waals surface area contributed by atoms with Gasteiger partial charge in [-0.15, -0.1) is 0 Å². The summed E-state index contributed by atoms with van der Waals surface area (Å²) in [7, 11) is 1.83. The van der Waals surface area contributed by atoms with Crippen molar-refractivity contribution in [2.24, 2.45) is 11.7 Å². The van der Waals surface area contributed by atoms with Gasteiger partial charge in [0, 0.05) is 49.4 Å². The molecule has 1 aliphatic heterocycles. The molecular formula is C32H41N5O2. The average molecular weight is 528 g/mol. The van der Waals surface area contributed by atoms with E-state index in [0.717, 1.165) is 72.4 Å². The Morgan fingerprint density at radius 3 is 2.54 bits per heavy atom. The summed E-state index contributed by atoms with van der Waals surface area (Å²) in [6.45, 7) is 7.96. The maximum atomic E-state index is 13.1. The number of aryl methyl sites for hydroxylation is 1. The van der Waals surface area contributed by atoms with Crippen molar-refractivity contribution in [2.45, 2.75) is 58.8 Å². The monoisotopic (exact) mass is 527 g/mol. The second-order valence-corrected chi connectivity index (χ2v) is 10.6. The standard InChI is InChI=1S/C29H33N5O2.C3H8/c1-19-11-22(20-7-6-8-21(13-20)29(36)33-9-4-3-5-10-33)14-24(12-19)34-28(23(18-35)16-32-34)26-15-25(26)27(30)17-31-2;1-3-2/h6-8,11-14,16-18,25-26,31H,3-5,9-10,15,30H2,1-2H3;3H2,1-2H3/b27-17-;/t25?,26-;/m1./s1. The second kappa shape index (κ2) is 12.8. The number of allylic oxidation sites excluding steroid dienone is 1. The zero-order valence-corrected chi connectivity index (χ0v) is 23.6. The lowest BCUT2D eigenvalue weighted by molar-refractivity contribution is 0.0724. The van der Waals surface area contributed by atoms with E-state index in [4.69, 9.17) is 5.73 Å². The van der Waals surface area contributed by atoms with Gasteiger partial charge < -0.3 is 16.0 Å². The Labute approximate surface area is 232 Å². The SMILES string of the molecule is CCC.CN/C=C(\N)C1C[C@H]1c1c(C=O)cnn1-c1cc(C)cc(-c2cccc(C(=O)N3CCCCC3)c2)c1. The summed E-state index contributed by atoms with van der Waals surface area (Å²) in [5.74, 6) is 0.432. The third-order valence-corrected chi connectivity index (χ3v) is 7.24. The molecule has 3 N–H and O–H groups in total. The fourth-order valence-corrected chi connectivity index (χ4v) is 5.34. The number of hydrogen-bond acceptors (Lipinski definition) is 5. The van der Waals surface area contributed by atoms with Gasteiger partial charge in [0.1, 0.15) is 0 Å². The second-order valence-electron chi connectivity index (χ2n) is 10.6. The van der Waals surface area contributed by atoms with E-state index in [1.54, 1.807) is 6.20 Å². The molecule has 1 aromatic heterocycles. The Kier molecular flexibility index (Phi) is 9.23. The van der Waals surface area contributed by atoms with Crippen LogP contribution in [0, 0.1) is 12.8 Å². The molecule has 2 fully saturated rings. The van der Waals surface area contributed by atoms with E-state index in [1.165, 1.54) is 12.8 Å². The molecule has 0 radical (unpaired) electrons. The molecule has 2 aliphatic rings. The van der Waals surface area contributed by atoms with E-state index < -0.39 is 0 Å². The number of hydrogen-bond donors (Lipinski definition) is 2. The van der Waals surface area contributed by atoms with Crippen molar-refractivity contribution < 1.29 is 9.59 Å². The molecule has 7 heteroatoms. The molecule has 7 nitrogen and oxygen atoms in total. The van der Waals surface area contributed by atoms with Gasteiger partial charge in [-0.3, -0.25) is 9.59 Å². The van der Waals surface area contributed by atoms with Crippen LogP contribution in [-0.2, 0) is 0 Å². The number of nitrogens with two attached hydrogens (primary N) is 1. The first-order valence-corrected chi connectivity index (χ1v) is 14.1. The highest BCUT2D eigenvalue weighted by Crippen LogP contribution is 2.51. The van der Waals surface area contributed by atoms with Gasteiger partial charge in [-0.25, -0.2) is 4.68 Å². The molecule has 0 spiro atoms. The highest BCUT2D eigenvalue weighted by atomic mass is 16.2. The summed E-state index contributed by atoms with van der Waals surface area (Å²) >= 11 is 0. The average Bonchev–Trinajstić information content (AvgIpc) is 3.63. The van der Waals surface area contributed by atoms with E-state index in [0.29, 0.717) is 11.1 Å². The minimum absolute atomic E-state index is 0.0985. The number of carbonyl (C=O) groups excluding carboxylic acids is 2. The van der Waals surface area contributed by atoms with Crippen LogP contribution in [-0.4, -0.2) is 47.0 Å². The highest BCUT2D eigenvalue weighted by molar-refractivity contribution is 5.95. The molecule has 1 saturated carbocycles. The maximum Gasteiger partial charge on any atom is 0.253 e. The lowest BCUT2D eigenvalue weighted by atomic mass is 9.99. The van der Waals surface area contributed by atoms with E-state index >= 15 is 0 Å². The van der Waals surface area contributed by atoms with Gasteiger partial charge in [0.15, 0.2) is 6.29 Å². The Balaban J connectivity index is 0.00000112. The maximum absolute atomic E-state index is 13.1. The van der Waals surface area contributed by atoms with Crippen molar-refractivity contribution in [3.63, 3.8) is 0 Å². The molecule has 1 unspecified atom stereocenters. The Morgan fingerprint density at radius 2 is 1.85 bits per heavy atom. The summed E-state index contributed by atoms with van der Waals surface area (Å²) in [6.07, 6.45) is 9.79. The zero-order chi connectivity index (χ0) is 27.9.